The molecule has 0 aromatic heterocycles. The minimum atomic E-state index is 0.00451. The van der Waals surface area contributed by atoms with E-state index in [1.807, 2.05) is 24.3 Å². The number of hydrogen-bond donors (Lipinski definition) is 2. The van der Waals surface area contributed by atoms with E-state index in [9.17, 15) is 4.79 Å². The lowest BCUT2D eigenvalue weighted by atomic mass is 9.53. The summed E-state index contributed by atoms with van der Waals surface area (Å²) in [5, 5.41) is 6.37. The summed E-state index contributed by atoms with van der Waals surface area (Å²) in [6, 6.07) is 8.09. The Bertz CT molecular complexity index is 534. The van der Waals surface area contributed by atoms with Gasteiger partial charge in [-0.05, 0) is 74.0 Å². The van der Waals surface area contributed by atoms with Gasteiger partial charge in [-0.3, -0.25) is 0 Å². The molecule has 0 saturated heterocycles. The molecule has 4 aliphatic rings. The first-order chi connectivity index (χ1) is 10.6. The minimum Gasteiger partial charge on any atom is -0.334 e. The molecule has 4 heteroatoms. The van der Waals surface area contributed by atoms with Crippen LogP contribution in [0.5, 0.6) is 0 Å². The molecule has 2 N–H and O–H groups in total. The van der Waals surface area contributed by atoms with Gasteiger partial charge in [-0.25, -0.2) is 4.79 Å². The molecule has 0 unspecified atom stereocenters. The van der Waals surface area contributed by atoms with Gasteiger partial charge >= 0.3 is 6.03 Å². The molecule has 0 spiro atoms. The predicted molar refractivity (Wildman–Crippen MR) is 90.4 cm³/mol. The van der Waals surface area contributed by atoms with E-state index in [1.54, 1.807) is 0 Å². The van der Waals surface area contributed by atoms with Crippen molar-refractivity contribution in [2.75, 3.05) is 0 Å². The van der Waals surface area contributed by atoms with Crippen molar-refractivity contribution in [3.05, 3.63) is 34.3 Å². The smallest absolute Gasteiger partial charge is 0.315 e. The summed E-state index contributed by atoms with van der Waals surface area (Å²) in [7, 11) is 0. The van der Waals surface area contributed by atoms with Crippen LogP contribution in [-0.2, 0) is 6.54 Å². The van der Waals surface area contributed by atoms with E-state index in [4.69, 9.17) is 0 Å². The average Bonchev–Trinajstić information content (AvgIpc) is 2.44. The molecule has 1 aromatic rings. The second kappa shape index (κ2) is 5.55. The SMILES string of the molecule is O=C(NCc1ccc(Br)cc1)NC12CC3CC(CC(C3)C1)C2. The number of halogens is 1. The molecule has 4 saturated carbocycles. The second-order valence-corrected chi connectivity index (χ2v) is 8.55. The van der Waals surface area contributed by atoms with Crippen molar-refractivity contribution < 1.29 is 4.79 Å². The van der Waals surface area contributed by atoms with Crippen molar-refractivity contribution in [1.29, 1.82) is 0 Å². The van der Waals surface area contributed by atoms with Crippen molar-refractivity contribution in [3.63, 3.8) is 0 Å². The lowest BCUT2D eigenvalue weighted by Gasteiger charge is -2.56. The number of urea groups is 1. The van der Waals surface area contributed by atoms with Crippen LogP contribution >= 0.6 is 15.9 Å². The first kappa shape index (κ1) is 14.6. The fourth-order valence-electron chi connectivity index (χ4n) is 5.33. The predicted octanol–water partition coefficient (Wildman–Crippen LogP) is 4.22. The summed E-state index contributed by atoms with van der Waals surface area (Å²) >= 11 is 3.43. The van der Waals surface area contributed by atoms with Gasteiger partial charge < -0.3 is 10.6 Å². The summed E-state index contributed by atoms with van der Waals surface area (Å²) in [5.74, 6) is 2.58. The van der Waals surface area contributed by atoms with Gasteiger partial charge in [-0.1, -0.05) is 28.1 Å². The van der Waals surface area contributed by atoms with Crippen LogP contribution in [0.3, 0.4) is 0 Å². The van der Waals surface area contributed by atoms with E-state index >= 15 is 0 Å². The Hall–Kier alpha value is -1.03. The Morgan fingerprint density at radius 1 is 1.05 bits per heavy atom. The largest absolute Gasteiger partial charge is 0.334 e. The van der Waals surface area contributed by atoms with Crippen molar-refractivity contribution in [2.45, 2.75) is 50.6 Å². The molecule has 4 bridgehead atoms. The van der Waals surface area contributed by atoms with Gasteiger partial charge in [-0.15, -0.1) is 0 Å². The maximum atomic E-state index is 12.3. The summed E-state index contributed by atoms with van der Waals surface area (Å²) in [4.78, 5) is 12.3. The first-order valence-corrected chi connectivity index (χ1v) is 9.20. The molecule has 4 fully saturated rings. The van der Waals surface area contributed by atoms with Crippen molar-refractivity contribution in [3.8, 4) is 0 Å². The van der Waals surface area contributed by atoms with Crippen LogP contribution in [0.4, 0.5) is 4.79 Å². The van der Waals surface area contributed by atoms with E-state index < -0.39 is 0 Å². The molecule has 118 valence electrons. The first-order valence-electron chi connectivity index (χ1n) is 8.41. The Labute approximate surface area is 140 Å². The normalized spacial score (nSPS) is 35.4. The van der Waals surface area contributed by atoms with Crippen LogP contribution < -0.4 is 10.6 Å². The Morgan fingerprint density at radius 2 is 1.59 bits per heavy atom. The highest BCUT2D eigenvalue weighted by Crippen LogP contribution is 2.55. The third-order valence-electron chi connectivity index (χ3n) is 5.78. The van der Waals surface area contributed by atoms with Gasteiger partial charge in [-0.2, -0.15) is 0 Å². The summed E-state index contributed by atoms with van der Waals surface area (Å²) < 4.78 is 1.06. The highest BCUT2D eigenvalue weighted by Gasteiger charge is 2.51. The monoisotopic (exact) mass is 362 g/mol. The topological polar surface area (TPSA) is 41.1 Å². The van der Waals surface area contributed by atoms with Gasteiger partial charge in [0.05, 0.1) is 0 Å². The highest BCUT2D eigenvalue weighted by molar-refractivity contribution is 9.10. The summed E-state index contributed by atoms with van der Waals surface area (Å²) in [6.07, 6.45) is 7.81. The van der Waals surface area contributed by atoms with Crippen molar-refractivity contribution in [1.82, 2.24) is 10.6 Å². The quantitative estimate of drug-likeness (QED) is 0.830. The van der Waals surface area contributed by atoms with Crippen LogP contribution in [0.1, 0.15) is 44.1 Å². The highest BCUT2D eigenvalue weighted by atomic mass is 79.9. The Morgan fingerprint density at radius 3 is 2.14 bits per heavy atom. The van der Waals surface area contributed by atoms with Crippen LogP contribution in [-0.4, -0.2) is 11.6 Å². The Balaban J connectivity index is 1.35. The molecular formula is C18H23BrN2O. The van der Waals surface area contributed by atoms with Crippen LogP contribution in [0.25, 0.3) is 0 Å². The maximum Gasteiger partial charge on any atom is 0.315 e. The van der Waals surface area contributed by atoms with Gasteiger partial charge in [0.25, 0.3) is 0 Å². The average molecular weight is 363 g/mol. The minimum absolute atomic E-state index is 0.00451. The molecule has 2 amide bonds. The van der Waals surface area contributed by atoms with Crippen LogP contribution in [0.2, 0.25) is 0 Å². The van der Waals surface area contributed by atoms with Gasteiger partial charge in [0.15, 0.2) is 0 Å². The maximum absolute atomic E-state index is 12.3. The third kappa shape index (κ3) is 2.90. The number of carbonyl (C=O) groups is 1. The fourth-order valence-corrected chi connectivity index (χ4v) is 5.60. The molecule has 5 rings (SSSR count). The van der Waals surface area contributed by atoms with Crippen molar-refractivity contribution in [2.24, 2.45) is 17.8 Å². The number of carbonyl (C=O) groups excluding carboxylic acids is 1. The number of hydrogen-bond acceptors (Lipinski definition) is 1. The molecule has 1 aromatic carbocycles. The molecule has 0 atom stereocenters. The van der Waals surface area contributed by atoms with Gasteiger partial charge in [0, 0.05) is 16.6 Å². The van der Waals surface area contributed by atoms with Gasteiger partial charge in [0.1, 0.15) is 0 Å². The van der Waals surface area contributed by atoms with E-state index in [-0.39, 0.29) is 11.6 Å². The molecule has 0 aliphatic heterocycles. The van der Waals surface area contributed by atoms with Gasteiger partial charge in [0.2, 0.25) is 0 Å². The number of rotatable bonds is 3. The zero-order chi connectivity index (χ0) is 15.2. The molecular weight excluding hydrogens is 340 g/mol. The lowest BCUT2D eigenvalue weighted by Crippen LogP contribution is -2.61. The molecule has 22 heavy (non-hydrogen) atoms. The molecule has 3 nitrogen and oxygen atoms in total. The van der Waals surface area contributed by atoms with E-state index in [0.29, 0.717) is 6.54 Å². The Kier molecular flexibility index (Phi) is 3.67. The molecule has 0 radical (unpaired) electrons. The number of nitrogens with one attached hydrogen (secondary N) is 2. The van der Waals surface area contributed by atoms with E-state index in [1.165, 1.54) is 38.5 Å². The van der Waals surface area contributed by atoms with Crippen LogP contribution in [0.15, 0.2) is 28.7 Å². The lowest BCUT2D eigenvalue weighted by molar-refractivity contribution is -0.0135. The van der Waals surface area contributed by atoms with E-state index in [0.717, 1.165) is 27.8 Å². The standard InChI is InChI=1S/C18H23BrN2O/c19-16-3-1-12(2-4-16)11-20-17(22)21-18-8-13-5-14(9-18)7-15(6-13)10-18/h1-4,13-15H,5-11H2,(H2,20,21,22). The van der Waals surface area contributed by atoms with E-state index in [2.05, 4.69) is 26.6 Å². The van der Waals surface area contributed by atoms with Crippen molar-refractivity contribution >= 4 is 22.0 Å². The van der Waals surface area contributed by atoms with Crippen LogP contribution in [0, 0.1) is 17.8 Å². The number of amides is 2. The zero-order valence-corrected chi connectivity index (χ0v) is 14.4. The molecule has 4 aliphatic carbocycles. The number of benzene rings is 1. The summed E-state index contributed by atoms with van der Waals surface area (Å²) in [5.41, 5.74) is 1.22. The summed E-state index contributed by atoms with van der Waals surface area (Å²) in [6.45, 7) is 0.589. The fraction of sp³-hybridized carbons (Fsp3) is 0.611. The second-order valence-electron chi connectivity index (χ2n) is 7.63. The molecule has 0 heterocycles. The third-order valence-corrected chi connectivity index (χ3v) is 6.31. The zero-order valence-electron chi connectivity index (χ0n) is 12.8.